The highest BCUT2D eigenvalue weighted by Crippen LogP contribution is 2.47. The van der Waals surface area contributed by atoms with Crippen LogP contribution < -0.4 is 27.5 Å². The summed E-state index contributed by atoms with van der Waals surface area (Å²) in [5, 5.41) is 10.7. The molecular formula is C24H47N7O3. The fraction of sp³-hybridized carbons (Fsp3) is 0.875. The third-order valence-corrected chi connectivity index (χ3v) is 7.29. The van der Waals surface area contributed by atoms with E-state index in [2.05, 4.69) is 16.0 Å². The number of likely N-dealkylation sites (tertiary alicyclic amines) is 1. The molecule has 1 aliphatic carbocycles. The zero-order valence-electron chi connectivity index (χ0n) is 21.6. The maximum absolute atomic E-state index is 12.1. The van der Waals surface area contributed by atoms with E-state index >= 15 is 0 Å². The number of carbonyl (C=O) groups excluding carboxylic acids is 3. The molecule has 2 amide bonds. The average Bonchev–Trinajstić information content (AvgIpc) is 3.43. The van der Waals surface area contributed by atoms with Gasteiger partial charge in [-0.25, -0.2) is 5.01 Å². The molecule has 3 atom stereocenters. The molecule has 1 aliphatic heterocycles. The van der Waals surface area contributed by atoms with Gasteiger partial charge in [0.1, 0.15) is 6.29 Å². The lowest BCUT2D eigenvalue weighted by molar-refractivity contribution is -0.128. The van der Waals surface area contributed by atoms with Crippen LogP contribution in [0.3, 0.4) is 0 Å². The van der Waals surface area contributed by atoms with E-state index in [0.717, 1.165) is 64.4 Å². The second-order valence-corrected chi connectivity index (χ2v) is 11.2. The number of hydrazine groups is 1. The van der Waals surface area contributed by atoms with E-state index in [1.807, 2.05) is 32.7 Å². The third kappa shape index (κ3) is 8.57. The number of nitrogens with one attached hydrogen (secondary N) is 3. The number of aldehydes is 1. The van der Waals surface area contributed by atoms with Crippen LogP contribution in [0, 0.1) is 10.8 Å². The molecule has 196 valence electrons. The first-order valence-corrected chi connectivity index (χ1v) is 12.7. The Hall–Kier alpha value is -1.59. The maximum Gasteiger partial charge on any atom is 0.239 e. The number of likely N-dealkylation sites (N-methyl/N-ethyl adjacent to an activating group) is 1. The summed E-state index contributed by atoms with van der Waals surface area (Å²) in [6, 6.07) is -0.567. The Morgan fingerprint density at radius 1 is 1.21 bits per heavy atom. The molecule has 1 heterocycles. The highest BCUT2D eigenvalue weighted by molar-refractivity contribution is 5.87. The predicted octanol–water partition coefficient (Wildman–Crippen LogP) is -0.420. The Bertz CT molecular complexity index is 678. The molecule has 1 saturated heterocycles. The van der Waals surface area contributed by atoms with Crippen LogP contribution in [0.15, 0.2) is 0 Å². The fourth-order valence-corrected chi connectivity index (χ4v) is 4.68. The van der Waals surface area contributed by atoms with E-state index in [1.54, 1.807) is 5.01 Å². The molecule has 0 aromatic heterocycles. The molecule has 0 bridgehead atoms. The van der Waals surface area contributed by atoms with Crippen molar-refractivity contribution in [1.29, 1.82) is 0 Å². The van der Waals surface area contributed by atoms with Gasteiger partial charge in [0.2, 0.25) is 11.8 Å². The molecule has 0 radical (unpaired) electrons. The minimum absolute atomic E-state index is 0.0279. The minimum Gasteiger partial charge on any atom is -0.355 e. The van der Waals surface area contributed by atoms with Gasteiger partial charge in [-0.1, -0.05) is 20.8 Å². The largest absolute Gasteiger partial charge is 0.355 e. The smallest absolute Gasteiger partial charge is 0.239 e. The number of hydrogen-bond donors (Lipinski definition) is 5. The standard InChI is InChI=1S/C24H47N7O3/c1-23(2,3)20(16-32)31(26)15-19(25)24(9-10-24)17-27-11-5-6-12-28-21(33)14-29-22(34)18-8-7-13-30(18)4/h16,18-20,27H,5-15,17,25-26H2,1-4H3,(H,28,33)(H,29,34). The Morgan fingerprint density at radius 3 is 2.44 bits per heavy atom. The molecular weight excluding hydrogens is 434 g/mol. The van der Waals surface area contributed by atoms with Gasteiger partial charge in [-0.15, -0.1) is 0 Å². The van der Waals surface area contributed by atoms with Gasteiger partial charge >= 0.3 is 0 Å². The van der Waals surface area contributed by atoms with Crippen molar-refractivity contribution in [3.8, 4) is 0 Å². The zero-order chi connectivity index (χ0) is 25.4. The second kappa shape index (κ2) is 12.9. The molecule has 0 aromatic carbocycles. The van der Waals surface area contributed by atoms with Crippen LogP contribution >= 0.6 is 0 Å². The van der Waals surface area contributed by atoms with Crippen molar-refractivity contribution in [2.75, 3.05) is 46.3 Å². The summed E-state index contributed by atoms with van der Waals surface area (Å²) >= 11 is 0. The maximum atomic E-state index is 12.1. The van der Waals surface area contributed by atoms with Gasteiger partial charge in [0.15, 0.2) is 0 Å². The van der Waals surface area contributed by atoms with Crippen LogP contribution in [0.5, 0.6) is 0 Å². The van der Waals surface area contributed by atoms with Crippen LogP contribution in [0.4, 0.5) is 0 Å². The molecule has 0 aromatic rings. The predicted molar refractivity (Wildman–Crippen MR) is 134 cm³/mol. The number of nitrogens with zero attached hydrogens (tertiary/aromatic N) is 2. The molecule has 1 saturated carbocycles. The van der Waals surface area contributed by atoms with Crippen molar-refractivity contribution < 1.29 is 14.4 Å². The molecule has 2 fully saturated rings. The average molecular weight is 482 g/mol. The first-order valence-electron chi connectivity index (χ1n) is 12.7. The van der Waals surface area contributed by atoms with Gasteiger partial charge in [-0.05, 0) is 69.5 Å². The summed E-state index contributed by atoms with van der Waals surface area (Å²) < 4.78 is 0. The van der Waals surface area contributed by atoms with E-state index in [4.69, 9.17) is 11.6 Å². The zero-order valence-corrected chi connectivity index (χ0v) is 21.6. The fourth-order valence-electron chi connectivity index (χ4n) is 4.68. The highest BCUT2D eigenvalue weighted by atomic mass is 16.2. The Morgan fingerprint density at radius 2 is 1.88 bits per heavy atom. The van der Waals surface area contributed by atoms with Gasteiger partial charge in [0.05, 0.1) is 18.6 Å². The number of nitrogens with two attached hydrogens (primary N) is 2. The van der Waals surface area contributed by atoms with E-state index in [0.29, 0.717) is 13.1 Å². The Kier molecular flexibility index (Phi) is 10.9. The Balaban J connectivity index is 1.54. The van der Waals surface area contributed by atoms with Crippen LogP contribution in [0.2, 0.25) is 0 Å². The minimum atomic E-state index is -0.366. The van der Waals surface area contributed by atoms with Crippen LogP contribution in [-0.4, -0.2) is 92.5 Å². The SMILES string of the molecule is CN1CCCC1C(=O)NCC(=O)NCCCCNCC1(C(N)CN(N)C(C=O)C(C)(C)C)CC1. The summed E-state index contributed by atoms with van der Waals surface area (Å²) in [5.74, 6) is 5.97. The van der Waals surface area contributed by atoms with Crippen molar-refractivity contribution in [3.63, 3.8) is 0 Å². The molecule has 10 nitrogen and oxygen atoms in total. The first-order chi connectivity index (χ1) is 16.0. The summed E-state index contributed by atoms with van der Waals surface area (Å²) in [6.45, 7) is 9.71. The lowest BCUT2D eigenvalue weighted by Gasteiger charge is -2.36. The molecule has 0 spiro atoms. The number of unbranched alkanes of at least 4 members (excludes halogenated alkanes) is 1. The number of amides is 2. The van der Waals surface area contributed by atoms with Crippen molar-refractivity contribution in [2.24, 2.45) is 22.4 Å². The normalized spacial score (nSPS) is 21.8. The molecule has 10 heteroatoms. The lowest BCUT2D eigenvalue weighted by atomic mass is 9.86. The molecule has 2 aliphatic rings. The first kappa shape index (κ1) is 28.6. The highest BCUT2D eigenvalue weighted by Gasteiger charge is 2.48. The van der Waals surface area contributed by atoms with Crippen LogP contribution in [-0.2, 0) is 14.4 Å². The topological polar surface area (TPSA) is 146 Å². The van der Waals surface area contributed by atoms with Gasteiger partial charge in [-0.3, -0.25) is 20.3 Å². The molecule has 34 heavy (non-hydrogen) atoms. The summed E-state index contributed by atoms with van der Waals surface area (Å²) in [5.41, 5.74) is 6.29. The monoisotopic (exact) mass is 481 g/mol. The molecule has 2 rings (SSSR count). The quantitative estimate of drug-likeness (QED) is 0.0917. The van der Waals surface area contributed by atoms with Gasteiger partial charge in [0.25, 0.3) is 0 Å². The van der Waals surface area contributed by atoms with Crippen LogP contribution in [0.25, 0.3) is 0 Å². The van der Waals surface area contributed by atoms with Crippen molar-refractivity contribution in [1.82, 2.24) is 25.9 Å². The molecule has 7 N–H and O–H groups in total. The number of carbonyl (C=O) groups is 3. The second-order valence-electron chi connectivity index (χ2n) is 11.2. The summed E-state index contributed by atoms with van der Waals surface area (Å²) in [6.07, 6.45) is 6.70. The summed E-state index contributed by atoms with van der Waals surface area (Å²) in [4.78, 5) is 37.6. The third-order valence-electron chi connectivity index (χ3n) is 7.29. The van der Waals surface area contributed by atoms with Crippen molar-refractivity contribution >= 4 is 18.1 Å². The van der Waals surface area contributed by atoms with Crippen LogP contribution in [0.1, 0.15) is 59.3 Å². The van der Waals surface area contributed by atoms with Crippen molar-refractivity contribution in [2.45, 2.75) is 77.4 Å². The van der Waals surface area contributed by atoms with E-state index in [-0.39, 0.29) is 47.3 Å². The van der Waals surface area contributed by atoms with Gasteiger partial charge in [0, 0.05) is 25.7 Å². The number of rotatable bonds is 15. The number of hydrogen-bond acceptors (Lipinski definition) is 8. The van der Waals surface area contributed by atoms with Crippen molar-refractivity contribution in [3.05, 3.63) is 0 Å². The van der Waals surface area contributed by atoms with E-state index < -0.39 is 0 Å². The van der Waals surface area contributed by atoms with Gasteiger partial charge in [-0.2, -0.15) is 0 Å². The Labute approximate surface area is 204 Å². The van der Waals surface area contributed by atoms with E-state index in [1.165, 1.54) is 0 Å². The summed E-state index contributed by atoms with van der Waals surface area (Å²) in [7, 11) is 1.94. The van der Waals surface area contributed by atoms with E-state index in [9.17, 15) is 14.4 Å². The molecule has 3 unspecified atom stereocenters. The van der Waals surface area contributed by atoms with Gasteiger partial charge < -0.3 is 26.5 Å². The lowest BCUT2D eigenvalue weighted by Crippen LogP contribution is -2.56.